The number of hydrogen-bond acceptors (Lipinski definition) is 6. The second-order valence-corrected chi connectivity index (χ2v) is 6.25. The summed E-state index contributed by atoms with van der Waals surface area (Å²) in [6.07, 6.45) is 0. The van der Waals surface area contributed by atoms with Crippen LogP contribution in [0.1, 0.15) is 11.1 Å². The third kappa shape index (κ3) is 4.22. The molecule has 1 heterocycles. The van der Waals surface area contributed by atoms with Gasteiger partial charge in [0, 0.05) is 0 Å². The lowest BCUT2D eigenvalue weighted by Gasteiger charge is -2.12. The van der Waals surface area contributed by atoms with Gasteiger partial charge in [-0.1, -0.05) is 24.3 Å². The van der Waals surface area contributed by atoms with E-state index in [-0.39, 0.29) is 18.2 Å². The molecule has 0 saturated carbocycles. The maximum atomic E-state index is 12.9. The van der Waals surface area contributed by atoms with Crippen LogP contribution in [0.25, 0.3) is 0 Å². The Morgan fingerprint density at radius 2 is 1.26 bits per heavy atom. The first kappa shape index (κ1) is 18.8. The molecule has 27 heavy (non-hydrogen) atoms. The van der Waals surface area contributed by atoms with Gasteiger partial charge in [-0.05, 0) is 35.4 Å². The maximum absolute atomic E-state index is 12.9. The zero-order valence-corrected chi connectivity index (χ0v) is 15.8. The molecule has 0 aliphatic rings. The molecule has 0 aliphatic carbocycles. The summed E-state index contributed by atoms with van der Waals surface area (Å²) in [5.41, 5.74) is 0.558. The van der Waals surface area contributed by atoms with E-state index in [4.69, 9.17) is 9.47 Å². The van der Waals surface area contributed by atoms with Gasteiger partial charge in [-0.3, -0.25) is 4.57 Å². The first-order valence-corrected chi connectivity index (χ1v) is 8.63. The molecule has 0 N–H and O–H groups in total. The van der Waals surface area contributed by atoms with Crippen LogP contribution in [0.4, 0.5) is 0 Å². The predicted molar refractivity (Wildman–Crippen MR) is 104 cm³/mol. The summed E-state index contributed by atoms with van der Waals surface area (Å²) < 4.78 is 12.7. The van der Waals surface area contributed by atoms with Crippen molar-refractivity contribution in [3.8, 4) is 11.5 Å². The Hall–Kier alpha value is -3.00. The molecule has 0 saturated heterocycles. The molecule has 8 heteroatoms. The fourth-order valence-corrected chi connectivity index (χ4v) is 2.86. The molecule has 2 aromatic carbocycles. The molecule has 7 nitrogen and oxygen atoms in total. The SMILES string of the molecule is COc1ccc(Cn2c(S)nc(=O)n(Cc3ccc(OC)cc3)c2=O)cc1. The summed E-state index contributed by atoms with van der Waals surface area (Å²) in [5, 5.41) is 0.0757. The van der Waals surface area contributed by atoms with Crippen LogP contribution in [0, 0.1) is 0 Å². The Morgan fingerprint density at radius 3 is 1.70 bits per heavy atom. The molecular formula is C19H19N3O4S. The van der Waals surface area contributed by atoms with Crippen molar-refractivity contribution in [1.29, 1.82) is 0 Å². The topological polar surface area (TPSA) is 75.3 Å². The van der Waals surface area contributed by atoms with Gasteiger partial charge < -0.3 is 9.47 Å². The summed E-state index contributed by atoms with van der Waals surface area (Å²) in [6, 6.07) is 14.4. The van der Waals surface area contributed by atoms with Crippen LogP contribution in [0.15, 0.2) is 63.3 Å². The number of hydrogen-bond donors (Lipinski definition) is 1. The lowest BCUT2D eigenvalue weighted by molar-refractivity contribution is 0.414. The Morgan fingerprint density at radius 1 is 0.815 bits per heavy atom. The van der Waals surface area contributed by atoms with Gasteiger partial charge >= 0.3 is 11.4 Å². The molecule has 0 unspecified atom stereocenters. The van der Waals surface area contributed by atoms with Crippen LogP contribution in [0.5, 0.6) is 11.5 Å². The van der Waals surface area contributed by atoms with E-state index < -0.39 is 11.4 Å². The number of nitrogens with zero attached hydrogens (tertiary/aromatic N) is 3. The first-order chi connectivity index (χ1) is 13.0. The van der Waals surface area contributed by atoms with E-state index in [2.05, 4.69) is 17.6 Å². The summed E-state index contributed by atoms with van der Waals surface area (Å²) in [7, 11) is 3.16. The third-order valence-electron chi connectivity index (χ3n) is 4.13. The number of benzene rings is 2. The van der Waals surface area contributed by atoms with E-state index in [1.807, 2.05) is 12.1 Å². The first-order valence-electron chi connectivity index (χ1n) is 8.18. The van der Waals surface area contributed by atoms with Crippen molar-refractivity contribution in [3.05, 3.63) is 80.6 Å². The van der Waals surface area contributed by atoms with E-state index in [0.717, 1.165) is 21.4 Å². The second-order valence-electron chi connectivity index (χ2n) is 5.85. The zero-order chi connectivity index (χ0) is 19.4. The molecule has 0 radical (unpaired) electrons. The highest BCUT2D eigenvalue weighted by atomic mass is 32.1. The lowest BCUT2D eigenvalue weighted by atomic mass is 10.2. The molecular weight excluding hydrogens is 366 g/mol. The number of thiol groups is 1. The largest absolute Gasteiger partial charge is 0.497 e. The van der Waals surface area contributed by atoms with Crippen molar-refractivity contribution in [2.45, 2.75) is 18.2 Å². The van der Waals surface area contributed by atoms with Crippen LogP contribution in [-0.4, -0.2) is 28.3 Å². The van der Waals surface area contributed by atoms with E-state index in [9.17, 15) is 9.59 Å². The number of ether oxygens (including phenoxy) is 2. The van der Waals surface area contributed by atoms with Gasteiger partial charge in [-0.15, -0.1) is 12.6 Å². The predicted octanol–water partition coefficient (Wildman–Crippen LogP) is 1.81. The van der Waals surface area contributed by atoms with Crippen LogP contribution < -0.4 is 20.9 Å². The van der Waals surface area contributed by atoms with Crippen LogP contribution in [0.3, 0.4) is 0 Å². The van der Waals surface area contributed by atoms with Gasteiger partial charge in [0.15, 0.2) is 5.16 Å². The average molecular weight is 385 g/mol. The van der Waals surface area contributed by atoms with Gasteiger partial charge in [0.2, 0.25) is 0 Å². The Bertz CT molecular complexity index is 1040. The summed E-state index contributed by atoms with van der Waals surface area (Å²) in [5.74, 6) is 1.42. The summed E-state index contributed by atoms with van der Waals surface area (Å²) in [6.45, 7) is 0.364. The normalized spacial score (nSPS) is 10.6. The molecule has 0 aliphatic heterocycles. The van der Waals surface area contributed by atoms with Gasteiger partial charge in [-0.25, -0.2) is 14.2 Å². The molecule has 0 bridgehead atoms. The van der Waals surface area contributed by atoms with Crippen molar-refractivity contribution in [1.82, 2.24) is 14.1 Å². The summed E-state index contributed by atoms with van der Waals surface area (Å²) >= 11 is 4.20. The standard InChI is InChI=1S/C19H19N3O4S/c1-25-15-7-3-13(4-8-15)11-21-17(23)20-18(27)22(19(21)24)12-14-5-9-16(26-2)10-6-14/h3-10H,11-12H2,1-2H3,(H,20,23,27). The van der Waals surface area contributed by atoms with Crippen LogP contribution in [-0.2, 0) is 13.1 Å². The van der Waals surface area contributed by atoms with Gasteiger partial charge in [0.1, 0.15) is 11.5 Å². The number of methoxy groups -OCH3 is 2. The highest BCUT2D eigenvalue weighted by molar-refractivity contribution is 7.80. The number of rotatable bonds is 6. The van der Waals surface area contributed by atoms with Crippen molar-refractivity contribution in [3.63, 3.8) is 0 Å². The monoisotopic (exact) mass is 385 g/mol. The highest BCUT2D eigenvalue weighted by Crippen LogP contribution is 2.13. The van der Waals surface area contributed by atoms with Gasteiger partial charge in [0.05, 0.1) is 27.3 Å². The molecule has 140 valence electrons. The lowest BCUT2D eigenvalue weighted by Crippen LogP contribution is -2.42. The van der Waals surface area contributed by atoms with Gasteiger partial charge in [-0.2, -0.15) is 4.98 Å². The third-order valence-corrected chi connectivity index (χ3v) is 4.47. The molecule has 3 aromatic rings. The van der Waals surface area contributed by atoms with Crippen molar-refractivity contribution < 1.29 is 9.47 Å². The zero-order valence-electron chi connectivity index (χ0n) is 15.0. The Balaban J connectivity index is 1.94. The maximum Gasteiger partial charge on any atom is 0.354 e. The van der Waals surface area contributed by atoms with E-state index in [1.54, 1.807) is 50.6 Å². The fraction of sp³-hybridized carbons (Fsp3) is 0.211. The Kier molecular flexibility index (Phi) is 5.66. The quantitative estimate of drug-likeness (QED) is 0.655. The molecule has 0 atom stereocenters. The van der Waals surface area contributed by atoms with E-state index >= 15 is 0 Å². The fourth-order valence-electron chi connectivity index (χ4n) is 2.62. The minimum Gasteiger partial charge on any atom is -0.497 e. The Labute approximate surface area is 161 Å². The van der Waals surface area contributed by atoms with E-state index in [1.165, 1.54) is 4.57 Å². The molecule has 0 spiro atoms. The smallest absolute Gasteiger partial charge is 0.354 e. The molecule has 3 rings (SSSR count). The van der Waals surface area contributed by atoms with Gasteiger partial charge in [0.25, 0.3) is 0 Å². The van der Waals surface area contributed by atoms with Crippen LogP contribution >= 0.6 is 12.6 Å². The average Bonchev–Trinajstić information content (AvgIpc) is 2.69. The minimum absolute atomic E-state index is 0.0757. The second kappa shape index (κ2) is 8.13. The summed E-state index contributed by atoms with van der Waals surface area (Å²) in [4.78, 5) is 29.0. The van der Waals surface area contributed by atoms with Crippen molar-refractivity contribution in [2.75, 3.05) is 14.2 Å². The molecule has 0 amide bonds. The number of aromatic nitrogens is 3. The van der Waals surface area contributed by atoms with Crippen LogP contribution in [0.2, 0.25) is 0 Å². The van der Waals surface area contributed by atoms with E-state index in [0.29, 0.717) is 5.75 Å². The highest BCUT2D eigenvalue weighted by Gasteiger charge is 2.12. The van der Waals surface area contributed by atoms with Crippen molar-refractivity contribution in [2.24, 2.45) is 0 Å². The minimum atomic E-state index is -0.633. The molecule has 1 aromatic heterocycles. The van der Waals surface area contributed by atoms with Crippen molar-refractivity contribution >= 4 is 12.6 Å². The molecule has 0 fully saturated rings.